The van der Waals surface area contributed by atoms with E-state index in [0.29, 0.717) is 18.5 Å². The predicted octanol–water partition coefficient (Wildman–Crippen LogP) is 4.59. The van der Waals surface area contributed by atoms with Gasteiger partial charge < -0.3 is 0 Å². The van der Waals surface area contributed by atoms with Crippen LogP contribution < -0.4 is 0 Å². The van der Waals surface area contributed by atoms with Crippen LogP contribution >= 0.6 is 11.6 Å². The maximum atomic E-state index is 8.84. The van der Waals surface area contributed by atoms with Crippen molar-refractivity contribution < 1.29 is 0 Å². The smallest absolute Gasteiger partial charge is 0.0670 e. The van der Waals surface area contributed by atoms with Crippen LogP contribution in [0, 0.1) is 11.3 Å². The van der Waals surface area contributed by atoms with Crippen molar-refractivity contribution in [1.29, 1.82) is 5.26 Å². The minimum atomic E-state index is 0.242. The normalized spacial score (nSPS) is 13.1. The van der Waals surface area contributed by atoms with Crippen molar-refractivity contribution >= 4 is 11.6 Å². The standard InChI is InChI=1S/C16H23ClN2/c1-11(2)19(12(3)4)13(5)15-8-6-7-14(9-10-18)16(15)17/h6-8,11-13H,9H2,1-5H3. The lowest BCUT2D eigenvalue weighted by atomic mass is 10.00. The largest absolute Gasteiger partial charge is 0.292 e. The van der Waals surface area contributed by atoms with E-state index in [1.165, 1.54) is 0 Å². The van der Waals surface area contributed by atoms with Crippen LogP contribution in [-0.4, -0.2) is 17.0 Å². The van der Waals surface area contributed by atoms with E-state index in [-0.39, 0.29) is 6.04 Å². The van der Waals surface area contributed by atoms with Gasteiger partial charge in [-0.25, -0.2) is 0 Å². The fourth-order valence-electron chi connectivity index (χ4n) is 2.80. The summed E-state index contributed by atoms with van der Waals surface area (Å²) in [4.78, 5) is 2.43. The first-order valence-electron chi connectivity index (χ1n) is 6.81. The van der Waals surface area contributed by atoms with Gasteiger partial charge in [0.25, 0.3) is 0 Å². The van der Waals surface area contributed by atoms with E-state index in [9.17, 15) is 0 Å². The van der Waals surface area contributed by atoms with Crippen LogP contribution in [0.25, 0.3) is 0 Å². The Morgan fingerprint density at radius 2 is 1.74 bits per heavy atom. The molecule has 0 N–H and O–H groups in total. The molecule has 0 aliphatic rings. The minimum Gasteiger partial charge on any atom is -0.292 e. The third-order valence-corrected chi connectivity index (χ3v) is 3.93. The van der Waals surface area contributed by atoms with Crippen molar-refractivity contribution in [1.82, 2.24) is 4.90 Å². The van der Waals surface area contributed by atoms with E-state index in [0.717, 1.165) is 16.1 Å². The molecule has 104 valence electrons. The molecule has 1 rings (SSSR count). The molecular weight excluding hydrogens is 256 g/mol. The fourth-order valence-corrected chi connectivity index (χ4v) is 3.15. The van der Waals surface area contributed by atoms with Gasteiger partial charge in [0, 0.05) is 23.1 Å². The maximum Gasteiger partial charge on any atom is 0.0670 e. The molecule has 0 radical (unpaired) electrons. The molecule has 3 heteroatoms. The molecular formula is C16H23ClN2. The second-order valence-corrected chi connectivity index (χ2v) is 5.84. The third-order valence-electron chi connectivity index (χ3n) is 3.47. The van der Waals surface area contributed by atoms with Gasteiger partial charge in [-0.15, -0.1) is 0 Å². The highest BCUT2D eigenvalue weighted by molar-refractivity contribution is 6.32. The first kappa shape index (κ1) is 16.0. The van der Waals surface area contributed by atoms with Crippen LogP contribution in [0.15, 0.2) is 18.2 Å². The van der Waals surface area contributed by atoms with Crippen LogP contribution in [-0.2, 0) is 6.42 Å². The van der Waals surface area contributed by atoms with Gasteiger partial charge in [0.2, 0.25) is 0 Å². The summed E-state index contributed by atoms with van der Waals surface area (Å²) in [5.41, 5.74) is 2.03. The molecule has 1 aromatic rings. The van der Waals surface area contributed by atoms with E-state index in [1.807, 2.05) is 12.1 Å². The van der Waals surface area contributed by atoms with Gasteiger partial charge in [0.1, 0.15) is 0 Å². The number of hydrogen-bond acceptors (Lipinski definition) is 2. The molecule has 0 bridgehead atoms. The third kappa shape index (κ3) is 3.72. The minimum absolute atomic E-state index is 0.242. The number of hydrogen-bond donors (Lipinski definition) is 0. The molecule has 0 amide bonds. The van der Waals surface area contributed by atoms with Crippen LogP contribution in [0.3, 0.4) is 0 Å². The molecule has 0 aliphatic heterocycles. The lowest BCUT2D eigenvalue weighted by molar-refractivity contribution is 0.123. The zero-order valence-corrected chi connectivity index (χ0v) is 13.2. The zero-order valence-electron chi connectivity index (χ0n) is 12.4. The Hall–Kier alpha value is -1.04. The van der Waals surface area contributed by atoms with Gasteiger partial charge in [-0.3, -0.25) is 4.90 Å². The summed E-state index contributed by atoms with van der Waals surface area (Å²) in [6, 6.07) is 9.29. The molecule has 19 heavy (non-hydrogen) atoms. The Morgan fingerprint density at radius 3 is 2.21 bits per heavy atom. The van der Waals surface area contributed by atoms with Crippen molar-refractivity contribution in [2.24, 2.45) is 0 Å². The number of halogens is 1. The van der Waals surface area contributed by atoms with Crippen molar-refractivity contribution in [2.45, 2.75) is 59.2 Å². The summed E-state index contributed by atoms with van der Waals surface area (Å²) in [5, 5.41) is 9.58. The summed E-state index contributed by atoms with van der Waals surface area (Å²) in [5.74, 6) is 0. The van der Waals surface area contributed by atoms with Crippen LogP contribution in [0.1, 0.15) is 51.8 Å². The predicted molar refractivity (Wildman–Crippen MR) is 81.3 cm³/mol. The quantitative estimate of drug-likeness (QED) is 0.788. The molecule has 0 heterocycles. The van der Waals surface area contributed by atoms with E-state index in [4.69, 9.17) is 16.9 Å². The van der Waals surface area contributed by atoms with E-state index >= 15 is 0 Å². The van der Waals surface area contributed by atoms with Gasteiger partial charge in [-0.05, 0) is 45.7 Å². The lowest BCUT2D eigenvalue weighted by Gasteiger charge is -2.37. The second kappa shape index (κ2) is 6.93. The monoisotopic (exact) mass is 278 g/mol. The number of nitrogens with zero attached hydrogens (tertiary/aromatic N) is 2. The Bertz CT molecular complexity index is 452. The molecule has 0 spiro atoms. The molecule has 0 fully saturated rings. The highest BCUT2D eigenvalue weighted by Crippen LogP contribution is 2.32. The van der Waals surface area contributed by atoms with Crippen molar-refractivity contribution in [2.75, 3.05) is 0 Å². The molecule has 0 saturated heterocycles. The van der Waals surface area contributed by atoms with E-state index in [1.54, 1.807) is 0 Å². The van der Waals surface area contributed by atoms with Crippen LogP contribution in [0.2, 0.25) is 5.02 Å². The molecule has 0 aliphatic carbocycles. The highest BCUT2D eigenvalue weighted by atomic mass is 35.5. The van der Waals surface area contributed by atoms with Gasteiger partial charge >= 0.3 is 0 Å². The number of benzene rings is 1. The average molecular weight is 279 g/mol. The molecule has 0 saturated carbocycles. The van der Waals surface area contributed by atoms with Crippen molar-refractivity contribution in [3.8, 4) is 6.07 Å². The van der Waals surface area contributed by atoms with Gasteiger partial charge in [-0.1, -0.05) is 29.8 Å². The maximum absolute atomic E-state index is 8.84. The van der Waals surface area contributed by atoms with Crippen LogP contribution in [0.5, 0.6) is 0 Å². The lowest BCUT2D eigenvalue weighted by Crippen LogP contribution is -2.39. The summed E-state index contributed by atoms with van der Waals surface area (Å²) < 4.78 is 0. The SMILES string of the molecule is CC(C)N(C(C)C)C(C)c1cccc(CC#N)c1Cl. The molecule has 1 unspecified atom stereocenters. The topological polar surface area (TPSA) is 27.0 Å². The van der Waals surface area contributed by atoms with Gasteiger partial charge in [0.15, 0.2) is 0 Å². The summed E-state index contributed by atoms with van der Waals surface area (Å²) in [6.07, 6.45) is 0.364. The molecule has 1 atom stereocenters. The van der Waals surface area contributed by atoms with E-state index in [2.05, 4.69) is 51.7 Å². The Labute approximate surface area is 122 Å². The first-order chi connectivity index (χ1) is 8.90. The Kier molecular flexibility index (Phi) is 5.85. The van der Waals surface area contributed by atoms with E-state index < -0.39 is 0 Å². The van der Waals surface area contributed by atoms with Gasteiger partial charge in [0.05, 0.1) is 12.5 Å². The zero-order chi connectivity index (χ0) is 14.6. The number of nitriles is 1. The fraction of sp³-hybridized carbons (Fsp3) is 0.562. The van der Waals surface area contributed by atoms with Gasteiger partial charge in [-0.2, -0.15) is 5.26 Å². The number of rotatable bonds is 5. The Balaban J connectivity index is 3.15. The summed E-state index contributed by atoms with van der Waals surface area (Å²) in [6.45, 7) is 11.0. The first-order valence-corrected chi connectivity index (χ1v) is 7.19. The molecule has 1 aromatic carbocycles. The summed E-state index contributed by atoms with van der Waals surface area (Å²) in [7, 11) is 0. The molecule has 2 nitrogen and oxygen atoms in total. The summed E-state index contributed by atoms with van der Waals surface area (Å²) >= 11 is 6.46. The average Bonchev–Trinajstić information content (AvgIpc) is 2.31. The molecule has 0 aromatic heterocycles. The van der Waals surface area contributed by atoms with Crippen molar-refractivity contribution in [3.05, 3.63) is 34.3 Å². The second-order valence-electron chi connectivity index (χ2n) is 5.47. The highest BCUT2D eigenvalue weighted by Gasteiger charge is 2.23. The van der Waals surface area contributed by atoms with Crippen LogP contribution in [0.4, 0.5) is 0 Å². The van der Waals surface area contributed by atoms with Crippen molar-refractivity contribution in [3.63, 3.8) is 0 Å². The Morgan fingerprint density at radius 1 is 1.16 bits per heavy atom.